The highest BCUT2D eigenvalue weighted by atomic mass is 79.9. The standard InChI is InChI=1S/C17H20Br2N2/c1-21(15-6-3-2-4-7-15)11-5-10-20-13-14-8-9-16(18)17(19)12-14/h2-4,6-9,12,20H,5,10-11,13H2,1H3. The number of anilines is 1. The molecule has 4 heteroatoms. The van der Waals surface area contributed by atoms with Crippen molar-refractivity contribution in [3.8, 4) is 0 Å². The largest absolute Gasteiger partial charge is 0.375 e. The van der Waals surface area contributed by atoms with Crippen LogP contribution >= 0.6 is 31.9 Å². The number of para-hydroxylation sites is 1. The van der Waals surface area contributed by atoms with E-state index in [2.05, 4.69) is 97.7 Å². The molecule has 112 valence electrons. The van der Waals surface area contributed by atoms with E-state index in [1.54, 1.807) is 0 Å². The van der Waals surface area contributed by atoms with Crippen LogP contribution in [0.2, 0.25) is 0 Å². The number of hydrogen-bond donors (Lipinski definition) is 1. The average molecular weight is 412 g/mol. The first-order chi connectivity index (χ1) is 10.2. The second kappa shape index (κ2) is 8.57. The van der Waals surface area contributed by atoms with Crippen LogP contribution in [0.1, 0.15) is 12.0 Å². The Hall–Kier alpha value is -0.840. The van der Waals surface area contributed by atoms with E-state index in [1.165, 1.54) is 11.3 Å². The Morgan fingerprint density at radius 2 is 1.76 bits per heavy atom. The summed E-state index contributed by atoms with van der Waals surface area (Å²) in [6.45, 7) is 2.98. The van der Waals surface area contributed by atoms with E-state index in [0.29, 0.717) is 0 Å². The predicted molar refractivity (Wildman–Crippen MR) is 97.9 cm³/mol. The first kappa shape index (κ1) is 16.5. The van der Waals surface area contributed by atoms with Crippen molar-refractivity contribution < 1.29 is 0 Å². The molecule has 2 aromatic carbocycles. The molecule has 0 saturated heterocycles. The molecule has 0 fully saturated rings. The number of hydrogen-bond acceptors (Lipinski definition) is 2. The van der Waals surface area contributed by atoms with E-state index in [1.807, 2.05) is 0 Å². The molecule has 0 heterocycles. The van der Waals surface area contributed by atoms with Gasteiger partial charge in [0.1, 0.15) is 0 Å². The van der Waals surface area contributed by atoms with Crippen molar-refractivity contribution in [2.75, 3.05) is 25.0 Å². The molecule has 0 unspecified atom stereocenters. The van der Waals surface area contributed by atoms with Gasteiger partial charge in [0.15, 0.2) is 0 Å². The Bertz CT molecular complexity index is 558. The van der Waals surface area contributed by atoms with Crippen LogP contribution in [-0.4, -0.2) is 20.1 Å². The summed E-state index contributed by atoms with van der Waals surface area (Å²) in [4.78, 5) is 2.29. The van der Waals surface area contributed by atoms with E-state index in [9.17, 15) is 0 Å². The van der Waals surface area contributed by atoms with Crippen molar-refractivity contribution in [2.45, 2.75) is 13.0 Å². The topological polar surface area (TPSA) is 15.3 Å². The summed E-state index contributed by atoms with van der Waals surface area (Å²) in [5, 5.41) is 3.49. The molecule has 1 N–H and O–H groups in total. The minimum atomic E-state index is 0.904. The minimum absolute atomic E-state index is 0.904. The maximum atomic E-state index is 3.53. The van der Waals surface area contributed by atoms with E-state index in [-0.39, 0.29) is 0 Å². The first-order valence-corrected chi connectivity index (χ1v) is 8.66. The molecule has 0 aromatic heterocycles. The van der Waals surface area contributed by atoms with Crippen molar-refractivity contribution in [3.05, 3.63) is 63.0 Å². The maximum Gasteiger partial charge on any atom is 0.0363 e. The van der Waals surface area contributed by atoms with E-state index >= 15 is 0 Å². The van der Waals surface area contributed by atoms with Crippen molar-refractivity contribution in [2.24, 2.45) is 0 Å². The van der Waals surface area contributed by atoms with Crippen LogP contribution in [-0.2, 0) is 6.54 Å². The highest BCUT2D eigenvalue weighted by Gasteiger charge is 2.00. The Labute approximate surface area is 143 Å². The van der Waals surface area contributed by atoms with Gasteiger partial charge in [-0.3, -0.25) is 0 Å². The summed E-state index contributed by atoms with van der Waals surface area (Å²) in [5.41, 5.74) is 2.57. The van der Waals surface area contributed by atoms with Gasteiger partial charge in [-0.05, 0) is 74.7 Å². The summed E-state index contributed by atoms with van der Waals surface area (Å²) < 4.78 is 2.20. The lowest BCUT2D eigenvalue weighted by Crippen LogP contribution is -2.23. The van der Waals surface area contributed by atoms with Gasteiger partial charge in [0.25, 0.3) is 0 Å². The molecule has 0 radical (unpaired) electrons. The molecule has 0 aliphatic carbocycles. The highest BCUT2D eigenvalue weighted by molar-refractivity contribution is 9.13. The third-order valence-electron chi connectivity index (χ3n) is 3.36. The van der Waals surface area contributed by atoms with Gasteiger partial charge < -0.3 is 10.2 Å². The van der Waals surface area contributed by atoms with Gasteiger partial charge in [0.05, 0.1) is 0 Å². The summed E-state index contributed by atoms with van der Waals surface area (Å²) in [7, 11) is 2.14. The molecule has 2 nitrogen and oxygen atoms in total. The SMILES string of the molecule is CN(CCCNCc1ccc(Br)c(Br)c1)c1ccccc1. The van der Waals surface area contributed by atoms with E-state index in [4.69, 9.17) is 0 Å². The molecule has 0 aliphatic heterocycles. The number of rotatable bonds is 7. The van der Waals surface area contributed by atoms with Crippen molar-refractivity contribution in [1.82, 2.24) is 5.32 Å². The highest BCUT2D eigenvalue weighted by Crippen LogP contribution is 2.23. The fourth-order valence-corrected chi connectivity index (χ4v) is 2.81. The molecule has 0 saturated carbocycles. The van der Waals surface area contributed by atoms with Crippen molar-refractivity contribution in [1.29, 1.82) is 0 Å². The summed E-state index contributed by atoms with van der Waals surface area (Å²) >= 11 is 7.02. The number of nitrogens with one attached hydrogen (secondary N) is 1. The summed E-state index contributed by atoms with van der Waals surface area (Å²) in [5.74, 6) is 0. The lowest BCUT2D eigenvalue weighted by Gasteiger charge is -2.19. The lowest BCUT2D eigenvalue weighted by molar-refractivity contribution is 0.646. The molecule has 0 amide bonds. The smallest absolute Gasteiger partial charge is 0.0363 e. The molecule has 2 aromatic rings. The molecule has 2 rings (SSSR count). The predicted octanol–water partition coefficient (Wildman–Crippen LogP) is 4.83. The fourth-order valence-electron chi connectivity index (χ4n) is 2.14. The normalized spacial score (nSPS) is 10.6. The van der Waals surface area contributed by atoms with Crippen LogP contribution in [0.3, 0.4) is 0 Å². The maximum absolute atomic E-state index is 3.53. The number of nitrogens with zero attached hydrogens (tertiary/aromatic N) is 1. The van der Waals surface area contributed by atoms with Crippen LogP contribution in [0.5, 0.6) is 0 Å². The van der Waals surface area contributed by atoms with E-state index < -0.39 is 0 Å². The quantitative estimate of drug-likeness (QED) is 0.656. The Morgan fingerprint density at radius 1 is 1.00 bits per heavy atom. The van der Waals surface area contributed by atoms with Crippen LogP contribution < -0.4 is 10.2 Å². The molecule has 21 heavy (non-hydrogen) atoms. The molecule has 0 bridgehead atoms. The van der Waals surface area contributed by atoms with Crippen molar-refractivity contribution >= 4 is 37.5 Å². The third-order valence-corrected chi connectivity index (χ3v) is 5.24. The molecule has 0 atom stereocenters. The van der Waals surface area contributed by atoms with Crippen LogP contribution in [0.25, 0.3) is 0 Å². The Kier molecular flexibility index (Phi) is 6.74. The molecule has 0 spiro atoms. The Balaban J connectivity index is 1.67. The zero-order valence-corrected chi connectivity index (χ0v) is 15.3. The zero-order chi connectivity index (χ0) is 15.1. The summed E-state index contributed by atoms with van der Waals surface area (Å²) in [6, 6.07) is 16.9. The minimum Gasteiger partial charge on any atom is -0.375 e. The van der Waals surface area contributed by atoms with Gasteiger partial charge in [-0.25, -0.2) is 0 Å². The van der Waals surface area contributed by atoms with Gasteiger partial charge in [0, 0.05) is 34.8 Å². The molecular formula is C17H20Br2N2. The van der Waals surface area contributed by atoms with Gasteiger partial charge in [-0.15, -0.1) is 0 Å². The van der Waals surface area contributed by atoms with Crippen LogP contribution in [0, 0.1) is 0 Å². The Morgan fingerprint density at radius 3 is 2.48 bits per heavy atom. The average Bonchev–Trinajstić information content (AvgIpc) is 2.51. The van der Waals surface area contributed by atoms with Gasteiger partial charge >= 0.3 is 0 Å². The number of benzene rings is 2. The fraction of sp³-hybridized carbons (Fsp3) is 0.294. The monoisotopic (exact) mass is 410 g/mol. The number of halogens is 2. The van der Waals surface area contributed by atoms with Gasteiger partial charge in [-0.2, -0.15) is 0 Å². The van der Waals surface area contributed by atoms with E-state index in [0.717, 1.165) is 35.0 Å². The van der Waals surface area contributed by atoms with Gasteiger partial charge in [0.2, 0.25) is 0 Å². The second-order valence-corrected chi connectivity index (χ2v) is 6.74. The van der Waals surface area contributed by atoms with Crippen LogP contribution in [0.4, 0.5) is 5.69 Å². The lowest BCUT2D eigenvalue weighted by atomic mass is 10.2. The van der Waals surface area contributed by atoms with Gasteiger partial charge in [-0.1, -0.05) is 24.3 Å². The first-order valence-electron chi connectivity index (χ1n) is 7.07. The zero-order valence-electron chi connectivity index (χ0n) is 12.2. The second-order valence-electron chi connectivity index (χ2n) is 5.04. The van der Waals surface area contributed by atoms with Crippen molar-refractivity contribution in [3.63, 3.8) is 0 Å². The molecule has 0 aliphatic rings. The third kappa shape index (κ3) is 5.46. The van der Waals surface area contributed by atoms with Crippen LogP contribution in [0.15, 0.2) is 57.5 Å². The summed E-state index contributed by atoms with van der Waals surface area (Å²) in [6.07, 6.45) is 1.13. The molecular weight excluding hydrogens is 392 g/mol.